The van der Waals surface area contributed by atoms with Crippen molar-refractivity contribution in [1.29, 1.82) is 0 Å². The van der Waals surface area contributed by atoms with Gasteiger partial charge in [-0.1, -0.05) is 54.4 Å². The molecule has 2 amide bonds. The summed E-state index contributed by atoms with van der Waals surface area (Å²) in [6.45, 7) is 5.32. The van der Waals surface area contributed by atoms with Crippen LogP contribution in [0.3, 0.4) is 0 Å². The van der Waals surface area contributed by atoms with Gasteiger partial charge in [-0.3, -0.25) is 13.9 Å². The molecule has 0 saturated heterocycles. The van der Waals surface area contributed by atoms with E-state index in [0.717, 1.165) is 17.0 Å². The highest BCUT2D eigenvalue weighted by Crippen LogP contribution is 2.25. The number of carbonyl (C=O) groups is 2. The summed E-state index contributed by atoms with van der Waals surface area (Å²) in [6, 6.07) is 10.9. The molecule has 180 valence electrons. The summed E-state index contributed by atoms with van der Waals surface area (Å²) >= 11 is 12.3. The van der Waals surface area contributed by atoms with Crippen LogP contribution in [0.2, 0.25) is 10.0 Å². The van der Waals surface area contributed by atoms with Crippen molar-refractivity contribution in [2.45, 2.75) is 39.8 Å². The standard InChI is InChI=1S/C23H29Cl2N3O4S/c1-5-12-26-23(30)17(3)27(14-18-10-11-19(24)13-20(18)25)22(29)15-28(33(4,31)32)21-9-7-6-8-16(21)2/h6-11,13,17H,5,12,14-15H2,1-4H3,(H,26,30)/t17-/m0/s1. The van der Waals surface area contributed by atoms with E-state index in [0.29, 0.717) is 33.4 Å². The van der Waals surface area contributed by atoms with Gasteiger partial charge >= 0.3 is 0 Å². The van der Waals surface area contributed by atoms with Crippen LogP contribution in [0.5, 0.6) is 0 Å². The lowest BCUT2D eigenvalue weighted by atomic mass is 10.1. The molecular weight excluding hydrogens is 485 g/mol. The minimum atomic E-state index is -3.77. The zero-order valence-corrected chi connectivity index (χ0v) is 21.5. The van der Waals surface area contributed by atoms with Crippen molar-refractivity contribution in [2.75, 3.05) is 23.7 Å². The van der Waals surface area contributed by atoms with Crippen LogP contribution in [0.4, 0.5) is 5.69 Å². The fourth-order valence-corrected chi connectivity index (χ4v) is 4.63. The van der Waals surface area contributed by atoms with Crippen molar-refractivity contribution in [2.24, 2.45) is 0 Å². The van der Waals surface area contributed by atoms with Gasteiger partial charge in [0.2, 0.25) is 21.8 Å². The zero-order chi connectivity index (χ0) is 24.8. The number of anilines is 1. The Bertz CT molecular complexity index is 1110. The summed E-state index contributed by atoms with van der Waals surface area (Å²) in [7, 11) is -3.77. The van der Waals surface area contributed by atoms with E-state index >= 15 is 0 Å². The third-order valence-corrected chi connectivity index (χ3v) is 6.85. The Morgan fingerprint density at radius 2 is 1.79 bits per heavy atom. The fraction of sp³-hybridized carbons (Fsp3) is 0.391. The number of halogens is 2. The van der Waals surface area contributed by atoms with E-state index in [1.165, 1.54) is 4.90 Å². The number of para-hydroxylation sites is 1. The highest BCUT2D eigenvalue weighted by molar-refractivity contribution is 7.92. The maximum absolute atomic E-state index is 13.5. The first-order valence-electron chi connectivity index (χ1n) is 10.5. The molecule has 0 saturated carbocycles. The number of amides is 2. The monoisotopic (exact) mass is 513 g/mol. The number of carbonyl (C=O) groups excluding carboxylic acids is 2. The summed E-state index contributed by atoms with van der Waals surface area (Å²) in [5.74, 6) is -0.870. The Hall–Kier alpha value is -2.29. The second kappa shape index (κ2) is 11.7. The van der Waals surface area contributed by atoms with Crippen LogP contribution < -0.4 is 9.62 Å². The van der Waals surface area contributed by atoms with Gasteiger partial charge in [-0.2, -0.15) is 0 Å². The Balaban J connectivity index is 2.42. The molecule has 0 heterocycles. The van der Waals surface area contributed by atoms with Gasteiger partial charge in [-0.15, -0.1) is 0 Å². The zero-order valence-electron chi connectivity index (χ0n) is 19.1. The van der Waals surface area contributed by atoms with Crippen molar-refractivity contribution in [3.63, 3.8) is 0 Å². The first-order valence-corrected chi connectivity index (χ1v) is 13.1. The summed E-state index contributed by atoms with van der Waals surface area (Å²) < 4.78 is 26.2. The second-order valence-corrected chi connectivity index (χ2v) is 10.5. The lowest BCUT2D eigenvalue weighted by Crippen LogP contribution is -2.51. The van der Waals surface area contributed by atoms with Crippen molar-refractivity contribution >= 4 is 50.7 Å². The third-order valence-electron chi connectivity index (χ3n) is 5.14. The Kier molecular flexibility index (Phi) is 9.57. The predicted molar refractivity (Wildman–Crippen MR) is 133 cm³/mol. The summed E-state index contributed by atoms with van der Waals surface area (Å²) in [5, 5.41) is 3.57. The molecular formula is C23H29Cl2N3O4S. The van der Waals surface area contributed by atoms with E-state index in [1.807, 2.05) is 6.92 Å². The summed E-state index contributed by atoms with van der Waals surface area (Å²) in [4.78, 5) is 27.5. The minimum absolute atomic E-state index is 0.0148. The van der Waals surface area contributed by atoms with Gasteiger partial charge in [-0.05, 0) is 49.6 Å². The molecule has 0 aliphatic rings. The van der Waals surface area contributed by atoms with Gasteiger partial charge < -0.3 is 10.2 Å². The molecule has 0 spiro atoms. The number of rotatable bonds is 10. The number of nitrogens with zero attached hydrogens (tertiary/aromatic N) is 2. The van der Waals surface area contributed by atoms with Crippen LogP contribution in [0.1, 0.15) is 31.4 Å². The van der Waals surface area contributed by atoms with Gasteiger partial charge in [0.1, 0.15) is 12.6 Å². The SMILES string of the molecule is CCCNC(=O)[C@H](C)N(Cc1ccc(Cl)cc1Cl)C(=O)CN(c1ccccc1C)S(C)(=O)=O. The molecule has 1 N–H and O–H groups in total. The molecule has 0 radical (unpaired) electrons. The fourth-order valence-electron chi connectivity index (χ4n) is 3.25. The number of nitrogens with one attached hydrogen (secondary N) is 1. The average molecular weight is 514 g/mol. The highest BCUT2D eigenvalue weighted by atomic mass is 35.5. The molecule has 0 aliphatic heterocycles. The van der Waals surface area contributed by atoms with Crippen LogP contribution in [0.15, 0.2) is 42.5 Å². The maximum atomic E-state index is 13.5. The Morgan fingerprint density at radius 3 is 2.36 bits per heavy atom. The van der Waals surface area contributed by atoms with E-state index in [4.69, 9.17) is 23.2 Å². The first kappa shape index (κ1) is 27.0. The van der Waals surface area contributed by atoms with E-state index in [-0.39, 0.29) is 12.5 Å². The van der Waals surface area contributed by atoms with Crippen LogP contribution in [0.25, 0.3) is 0 Å². The predicted octanol–water partition coefficient (Wildman–Crippen LogP) is 4.01. The normalized spacial score (nSPS) is 12.2. The van der Waals surface area contributed by atoms with Crippen molar-refractivity contribution in [3.8, 4) is 0 Å². The molecule has 0 aliphatic carbocycles. The van der Waals surface area contributed by atoms with Gasteiger partial charge in [0.25, 0.3) is 0 Å². The van der Waals surface area contributed by atoms with E-state index in [2.05, 4.69) is 5.32 Å². The van der Waals surface area contributed by atoms with Crippen molar-refractivity contribution in [3.05, 3.63) is 63.6 Å². The maximum Gasteiger partial charge on any atom is 0.244 e. The molecule has 7 nitrogen and oxygen atoms in total. The molecule has 10 heteroatoms. The molecule has 0 unspecified atom stereocenters. The van der Waals surface area contributed by atoms with E-state index in [1.54, 1.807) is 56.3 Å². The molecule has 0 bridgehead atoms. The minimum Gasteiger partial charge on any atom is -0.354 e. The first-order chi connectivity index (χ1) is 15.5. The number of hydrogen-bond donors (Lipinski definition) is 1. The number of sulfonamides is 1. The molecule has 0 fully saturated rings. The largest absolute Gasteiger partial charge is 0.354 e. The quantitative estimate of drug-likeness (QED) is 0.519. The van der Waals surface area contributed by atoms with Crippen molar-refractivity contribution in [1.82, 2.24) is 10.2 Å². The molecule has 33 heavy (non-hydrogen) atoms. The number of aryl methyl sites for hydroxylation is 1. The van der Waals surface area contributed by atoms with Gasteiger partial charge in [-0.25, -0.2) is 8.42 Å². The lowest BCUT2D eigenvalue weighted by Gasteiger charge is -2.32. The van der Waals surface area contributed by atoms with Crippen LogP contribution in [-0.2, 0) is 26.2 Å². The van der Waals surface area contributed by atoms with Crippen LogP contribution in [-0.4, -0.2) is 50.5 Å². The van der Waals surface area contributed by atoms with Crippen LogP contribution in [0, 0.1) is 6.92 Å². The smallest absolute Gasteiger partial charge is 0.244 e. The Morgan fingerprint density at radius 1 is 1.12 bits per heavy atom. The average Bonchev–Trinajstić information content (AvgIpc) is 2.74. The lowest BCUT2D eigenvalue weighted by molar-refractivity contribution is -0.139. The molecule has 1 atom stereocenters. The third kappa shape index (κ3) is 7.35. The molecule has 2 rings (SSSR count). The van der Waals surface area contributed by atoms with Gasteiger partial charge in [0.15, 0.2) is 0 Å². The summed E-state index contributed by atoms with van der Waals surface area (Å²) in [5.41, 5.74) is 1.70. The molecule has 0 aromatic heterocycles. The van der Waals surface area contributed by atoms with E-state index in [9.17, 15) is 18.0 Å². The second-order valence-electron chi connectivity index (χ2n) is 7.78. The number of hydrogen-bond acceptors (Lipinski definition) is 4. The van der Waals surface area contributed by atoms with Crippen LogP contribution >= 0.6 is 23.2 Å². The Labute approximate surface area is 205 Å². The topological polar surface area (TPSA) is 86.8 Å². The van der Waals surface area contributed by atoms with Crippen molar-refractivity contribution < 1.29 is 18.0 Å². The molecule has 2 aromatic rings. The number of benzene rings is 2. The van der Waals surface area contributed by atoms with Gasteiger partial charge in [0, 0.05) is 23.1 Å². The summed E-state index contributed by atoms with van der Waals surface area (Å²) in [6.07, 6.45) is 1.79. The van der Waals surface area contributed by atoms with Gasteiger partial charge in [0.05, 0.1) is 11.9 Å². The molecule has 2 aromatic carbocycles. The highest BCUT2D eigenvalue weighted by Gasteiger charge is 2.30. The van der Waals surface area contributed by atoms with E-state index < -0.39 is 28.5 Å².